The molecule has 2 amide bonds. The number of nitrogens with zero attached hydrogens (tertiary/aromatic N) is 1. The van der Waals surface area contributed by atoms with E-state index in [4.69, 9.17) is 9.47 Å². The zero-order chi connectivity index (χ0) is 18.1. The lowest BCUT2D eigenvalue weighted by atomic mass is 9.99. The Morgan fingerprint density at radius 2 is 2.20 bits per heavy atom. The van der Waals surface area contributed by atoms with Crippen molar-refractivity contribution in [3.8, 4) is 5.75 Å². The number of benzene rings is 1. The van der Waals surface area contributed by atoms with E-state index >= 15 is 0 Å². The van der Waals surface area contributed by atoms with Crippen LogP contribution in [-0.2, 0) is 11.3 Å². The molecule has 25 heavy (non-hydrogen) atoms. The van der Waals surface area contributed by atoms with Crippen molar-refractivity contribution in [2.45, 2.75) is 46.6 Å². The molecular weight excluding hydrogens is 316 g/mol. The number of hydrogen-bond donors (Lipinski definition) is 1. The number of carbonyl (C=O) groups is 1. The van der Waals surface area contributed by atoms with Crippen molar-refractivity contribution in [1.82, 2.24) is 10.2 Å². The largest absolute Gasteiger partial charge is 0.494 e. The maximum Gasteiger partial charge on any atom is 0.317 e. The molecule has 1 fully saturated rings. The fourth-order valence-electron chi connectivity index (χ4n) is 3.13. The molecule has 0 bridgehead atoms. The third-order valence-corrected chi connectivity index (χ3v) is 4.58. The summed E-state index contributed by atoms with van der Waals surface area (Å²) < 4.78 is 11.2. The van der Waals surface area contributed by atoms with Crippen LogP contribution in [0.2, 0.25) is 0 Å². The van der Waals surface area contributed by atoms with Gasteiger partial charge in [0.05, 0.1) is 13.2 Å². The second kappa shape index (κ2) is 10.3. The number of rotatable bonds is 8. The molecule has 0 radical (unpaired) electrons. The smallest absolute Gasteiger partial charge is 0.317 e. The summed E-state index contributed by atoms with van der Waals surface area (Å²) in [6.07, 6.45) is 3.19. The molecule has 1 aliphatic heterocycles. The molecule has 1 aromatic rings. The second-order valence-corrected chi connectivity index (χ2v) is 6.71. The van der Waals surface area contributed by atoms with Gasteiger partial charge in [-0.3, -0.25) is 0 Å². The summed E-state index contributed by atoms with van der Waals surface area (Å²) in [5, 5.41) is 3.05. The molecule has 1 saturated heterocycles. The maximum atomic E-state index is 12.5. The van der Waals surface area contributed by atoms with Crippen molar-refractivity contribution in [3.63, 3.8) is 0 Å². The van der Waals surface area contributed by atoms with Crippen LogP contribution in [0.3, 0.4) is 0 Å². The van der Waals surface area contributed by atoms with Gasteiger partial charge in [0.1, 0.15) is 5.75 Å². The van der Waals surface area contributed by atoms with Crippen molar-refractivity contribution < 1.29 is 14.3 Å². The fourth-order valence-corrected chi connectivity index (χ4v) is 3.13. The number of nitrogens with one attached hydrogen (secondary N) is 1. The minimum Gasteiger partial charge on any atom is -0.494 e. The molecule has 5 nitrogen and oxygen atoms in total. The number of hydrogen-bond acceptors (Lipinski definition) is 3. The summed E-state index contributed by atoms with van der Waals surface area (Å²) in [4.78, 5) is 14.4. The quantitative estimate of drug-likeness (QED) is 0.778. The van der Waals surface area contributed by atoms with Crippen LogP contribution in [0.5, 0.6) is 5.75 Å². The first-order chi connectivity index (χ1) is 12.1. The fraction of sp³-hybridized carbons (Fsp3) is 0.650. The van der Waals surface area contributed by atoms with Crippen LogP contribution >= 0.6 is 0 Å². The van der Waals surface area contributed by atoms with E-state index in [0.717, 1.165) is 69.0 Å². The van der Waals surface area contributed by atoms with Gasteiger partial charge in [0.2, 0.25) is 0 Å². The molecule has 1 heterocycles. The molecule has 1 N–H and O–H groups in total. The lowest BCUT2D eigenvalue weighted by Gasteiger charge is -2.32. The zero-order valence-electron chi connectivity index (χ0n) is 15.8. The predicted octanol–water partition coefficient (Wildman–Crippen LogP) is 3.74. The van der Waals surface area contributed by atoms with Gasteiger partial charge in [0, 0.05) is 32.2 Å². The van der Waals surface area contributed by atoms with Gasteiger partial charge in [-0.15, -0.1) is 0 Å². The van der Waals surface area contributed by atoms with Gasteiger partial charge in [-0.2, -0.15) is 0 Å². The highest BCUT2D eigenvalue weighted by atomic mass is 16.5. The first kappa shape index (κ1) is 19.6. The molecule has 1 atom stereocenters. The highest BCUT2D eigenvalue weighted by molar-refractivity contribution is 5.74. The SMILES string of the molecule is CCCOc1ccc(CNC(=O)N2CCC[C@H](COCC)C2)c(C)c1. The summed E-state index contributed by atoms with van der Waals surface area (Å²) in [6, 6.07) is 6.07. The van der Waals surface area contributed by atoms with Crippen LogP contribution in [0.1, 0.15) is 44.2 Å². The van der Waals surface area contributed by atoms with Crippen LogP contribution in [0.25, 0.3) is 0 Å². The third-order valence-electron chi connectivity index (χ3n) is 4.58. The van der Waals surface area contributed by atoms with E-state index in [1.807, 2.05) is 30.0 Å². The monoisotopic (exact) mass is 348 g/mol. The lowest BCUT2D eigenvalue weighted by Crippen LogP contribution is -2.46. The molecule has 1 aromatic carbocycles. The third kappa shape index (κ3) is 6.24. The number of ether oxygens (including phenoxy) is 2. The van der Waals surface area contributed by atoms with Crippen LogP contribution in [-0.4, -0.2) is 43.8 Å². The minimum absolute atomic E-state index is 0.0203. The van der Waals surface area contributed by atoms with Crippen molar-refractivity contribution in [1.29, 1.82) is 0 Å². The second-order valence-electron chi connectivity index (χ2n) is 6.71. The first-order valence-electron chi connectivity index (χ1n) is 9.46. The number of urea groups is 1. The Hall–Kier alpha value is -1.75. The number of amides is 2. The molecule has 1 aliphatic rings. The Labute approximate surface area is 151 Å². The molecule has 0 aromatic heterocycles. The highest BCUT2D eigenvalue weighted by Crippen LogP contribution is 2.19. The van der Waals surface area contributed by atoms with Gasteiger partial charge >= 0.3 is 6.03 Å². The Morgan fingerprint density at radius 3 is 2.92 bits per heavy atom. The number of likely N-dealkylation sites (tertiary alicyclic amines) is 1. The molecule has 0 saturated carbocycles. The van der Waals surface area contributed by atoms with E-state index in [9.17, 15) is 4.79 Å². The average molecular weight is 348 g/mol. The van der Waals surface area contributed by atoms with E-state index in [1.165, 1.54) is 0 Å². The van der Waals surface area contributed by atoms with E-state index in [2.05, 4.69) is 19.2 Å². The van der Waals surface area contributed by atoms with Crippen LogP contribution in [0.15, 0.2) is 18.2 Å². The molecule has 5 heteroatoms. The normalized spacial score (nSPS) is 17.4. The van der Waals surface area contributed by atoms with E-state index in [0.29, 0.717) is 12.5 Å². The van der Waals surface area contributed by atoms with Gasteiger partial charge in [0.25, 0.3) is 0 Å². The number of aryl methyl sites for hydroxylation is 1. The highest BCUT2D eigenvalue weighted by Gasteiger charge is 2.23. The Bertz CT molecular complexity index is 548. The van der Waals surface area contributed by atoms with E-state index < -0.39 is 0 Å². The standard InChI is InChI=1S/C20H32N2O3/c1-4-11-25-19-9-8-18(16(3)12-19)13-21-20(23)22-10-6-7-17(14-22)15-24-5-2/h8-9,12,17H,4-7,10-11,13-15H2,1-3H3,(H,21,23)/t17-/m0/s1. The molecule has 0 spiro atoms. The minimum atomic E-state index is 0.0203. The molecule has 0 aliphatic carbocycles. The molecule has 0 unspecified atom stereocenters. The van der Waals surface area contributed by atoms with Crippen LogP contribution < -0.4 is 10.1 Å². The topological polar surface area (TPSA) is 50.8 Å². The summed E-state index contributed by atoms with van der Waals surface area (Å²) >= 11 is 0. The molecule has 2 rings (SSSR count). The van der Waals surface area contributed by atoms with Crippen molar-refractivity contribution in [3.05, 3.63) is 29.3 Å². The van der Waals surface area contributed by atoms with Gasteiger partial charge in [-0.25, -0.2) is 4.79 Å². The summed E-state index contributed by atoms with van der Waals surface area (Å²) in [5.74, 6) is 1.35. The van der Waals surface area contributed by atoms with Gasteiger partial charge in [-0.1, -0.05) is 13.0 Å². The lowest BCUT2D eigenvalue weighted by molar-refractivity contribution is 0.0756. The Kier molecular flexibility index (Phi) is 8.06. The van der Waals surface area contributed by atoms with E-state index in [-0.39, 0.29) is 6.03 Å². The van der Waals surface area contributed by atoms with Crippen LogP contribution in [0, 0.1) is 12.8 Å². The van der Waals surface area contributed by atoms with Crippen LogP contribution in [0.4, 0.5) is 4.79 Å². The molecule has 140 valence electrons. The van der Waals surface area contributed by atoms with Crippen molar-refractivity contribution in [2.75, 3.05) is 32.9 Å². The van der Waals surface area contributed by atoms with E-state index in [1.54, 1.807) is 0 Å². The molecular formula is C20H32N2O3. The maximum absolute atomic E-state index is 12.5. The van der Waals surface area contributed by atoms with Crippen molar-refractivity contribution >= 4 is 6.03 Å². The van der Waals surface area contributed by atoms with Gasteiger partial charge < -0.3 is 19.7 Å². The first-order valence-corrected chi connectivity index (χ1v) is 9.46. The Balaban J connectivity index is 1.82. The summed E-state index contributed by atoms with van der Waals surface area (Å²) in [6.45, 7) is 10.5. The Morgan fingerprint density at radius 1 is 1.36 bits per heavy atom. The number of piperidine rings is 1. The van der Waals surface area contributed by atoms with Gasteiger partial charge in [0.15, 0.2) is 0 Å². The van der Waals surface area contributed by atoms with Crippen molar-refractivity contribution in [2.24, 2.45) is 5.92 Å². The predicted molar refractivity (Wildman–Crippen MR) is 100.0 cm³/mol. The summed E-state index contributed by atoms with van der Waals surface area (Å²) in [7, 11) is 0. The average Bonchev–Trinajstić information content (AvgIpc) is 2.64. The van der Waals surface area contributed by atoms with Gasteiger partial charge in [-0.05, 0) is 56.4 Å². The zero-order valence-corrected chi connectivity index (χ0v) is 15.8. The number of carbonyl (C=O) groups excluding carboxylic acids is 1. The summed E-state index contributed by atoms with van der Waals surface area (Å²) in [5.41, 5.74) is 2.27.